The highest BCUT2D eigenvalue weighted by atomic mass is 127. The van der Waals surface area contributed by atoms with Gasteiger partial charge in [-0.2, -0.15) is 0 Å². The first-order chi connectivity index (χ1) is 2.56. The first-order valence-electron chi connectivity index (χ1n) is 1.39. The Morgan fingerprint density at radius 1 is 2.50 bits per heavy atom. The minimum Gasteiger partial charge on any atom is -0.223 e. The molecule has 26 valence electrons. The lowest BCUT2D eigenvalue weighted by Gasteiger charge is -1.34. The third-order valence-electron chi connectivity index (χ3n) is 0.0261. The summed E-state index contributed by atoms with van der Waals surface area (Å²) in [5.41, 5.74) is 0. The van der Waals surface area contributed by atoms with Gasteiger partial charge in [-0.3, -0.25) is 0 Å². The molecule has 0 aliphatic carbocycles. The van der Waals surface area contributed by atoms with Crippen LogP contribution in [0.3, 0.4) is 0 Å². The van der Waals surface area contributed by atoms with E-state index in [1.807, 2.05) is 0 Å². The lowest BCUT2D eigenvalue weighted by atomic mass is 16.0. The van der Waals surface area contributed by atoms with Crippen LogP contribution in [0.15, 0.2) is 0 Å². The average Bonchev–Trinajstić information content (AvgIpc) is 1.35. The molecule has 0 rings (SSSR count). The van der Waals surface area contributed by atoms with E-state index in [1.54, 1.807) is 22.0 Å². The summed E-state index contributed by atoms with van der Waals surface area (Å²) in [7, 11) is 0. The molecule has 1 nitrogen and oxygen atoms in total. The van der Waals surface area contributed by atoms with Crippen molar-refractivity contribution in [1.82, 2.24) is 0 Å². The molecular weight excluding hydrogens is 301 g/mol. The van der Waals surface area contributed by atoms with Gasteiger partial charge in [-0.25, -0.2) is 3.07 Å². The van der Waals surface area contributed by atoms with E-state index in [1.165, 1.54) is 0 Å². The summed E-state index contributed by atoms with van der Waals surface area (Å²) >= 11 is 0.267. The molecule has 0 aromatic rings. The fourth-order valence-corrected chi connectivity index (χ4v) is 0. The van der Waals surface area contributed by atoms with Crippen LogP contribution in [0.4, 0.5) is 0 Å². The van der Waals surface area contributed by atoms with E-state index in [4.69, 9.17) is 2.56 Å². The molecule has 0 saturated heterocycles. The molecule has 0 aromatic carbocycles. The summed E-state index contributed by atoms with van der Waals surface area (Å²) in [4.78, 5) is 0. The summed E-state index contributed by atoms with van der Waals surface area (Å²) in [6.45, 7) is 0. The molecule has 0 amide bonds. The zero-order chi connectivity index (χ0) is 5.21. The summed E-state index contributed by atoms with van der Waals surface area (Å²) in [6, 6.07) is 0. The van der Waals surface area contributed by atoms with Crippen LogP contribution in [0.1, 0.15) is 0 Å². The standard InChI is InChI=1S/HI2OP/c1-4-2-3/h4H/p+1/i4D/hD. The number of halogens is 2. The molecule has 4 heteroatoms. The Labute approximate surface area is 51.7 Å². The third kappa shape index (κ3) is 3.69. The summed E-state index contributed by atoms with van der Waals surface area (Å²) in [5, 5.41) is 0. The van der Waals surface area contributed by atoms with Gasteiger partial charge < -0.3 is 0 Å². The largest absolute Gasteiger partial charge is 0.341 e. The van der Waals surface area contributed by atoms with Crippen LogP contribution in [0.2, 0.25) is 0 Å². The number of rotatable bonds is 1. The summed E-state index contributed by atoms with van der Waals surface area (Å²) < 4.78 is 20.7. The van der Waals surface area contributed by atoms with E-state index in [9.17, 15) is 3.07 Å². The minimum atomic E-state index is -2.37. The van der Waals surface area contributed by atoms with Crippen LogP contribution in [-0.4, -0.2) is 2.56 Å². The molecule has 0 spiro atoms. The van der Waals surface area contributed by atoms with Crippen molar-refractivity contribution in [2.24, 2.45) is 0 Å². The molecule has 0 fully saturated rings. The molecule has 0 aliphatic heterocycles. The molecule has 0 bridgehead atoms. The van der Waals surface area contributed by atoms with E-state index in [2.05, 4.69) is 0 Å². The van der Waals surface area contributed by atoms with Gasteiger partial charge in [0, 0.05) is 0 Å². The van der Waals surface area contributed by atoms with Gasteiger partial charge in [0.25, 0.3) is 2.56 Å². The SMILES string of the molecule is [2H][P+]([2H])(I)I=O. The molecule has 4 heavy (non-hydrogen) atoms. The molecule has 0 N–H and O–H groups in total. The van der Waals surface area contributed by atoms with E-state index >= 15 is 0 Å². The maximum absolute atomic E-state index is 9.73. The monoisotopic (exact) mass is 305 g/mol. The lowest BCUT2D eigenvalue weighted by Crippen LogP contribution is -0.795. The van der Waals surface area contributed by atoms with Gasteiger partial charge in [0.15, 0.2) is 22.0 Å². The molecule has 0 unspecified atom stereocenters. The topological polar surface area (TPSA) is 17.1 Å². The lowest BCUT2D eigenvalue weighted by molar-refractivity contribution is 0.649. The third-order valence-corrected chi connectivity index (χ3v) is 3.52. The van der Waals surface area contributed by atoms with Gasteiger partial charge in [0.05, 0.1) is 0 Å². The normalized spacial score (nSPS) is 18.2. The van der Waals surface area contributed by atoms with Gasteiger partial charge in [-0.1, -0.05) is 0 Å². The van der Waals surface area contributed by atoms with Crippen LogP contribution in [-0.2, 0) is 3.07 Å². The Bertz CT molecular complexity index is 57.1. The van der Waals surface area contributed by atoms with Crippen molar-refractivity contribution >= 4 is 46.4 Å². The Kier molecular flexibility index (Phi) is 3.28. The van der Waals surface area contributed by atoms with Gasteiger partial charge in [-0.15, -0.1) is 0 Å². The fraction of sp³-hybridized carbons (Fsp3) is 0. The summed E-state index contributed by atoms with van der Waals surface area (Å²) in [6.07, 6.45) is 0. The zero-order valence-electron chi connectivity index (χ0n) is 3.61. The Balaban J connectivity index is 3.45. The average molecular weight is 305 g/mol. The Morgan fingerprint density at radius 2 is 2.75 bits per heavy atom. The van der Waals surface area contributed by atoms with Crippen molar-refractivity contribution in [2.75, 3.05) is 0 Å². The van der Waals surface area contributed by atoms with Crippen LogP contribution in [0.25, 0.3) is 0 Å². The van der Waals surface area contributed by atoms with Gasteiger partial charge >= 0.3 is 20.6 Å². The second-order valence-electron chi connectivity index (χ2n) is 0.133. The molecular formula is H2I2OP+. The number of hydrogen-bond acceptors (Lipinski definition) is 1. The minimum absolute atomic E-state index is 1.35. The fourth-order valence-electron chi connectivity index (χ4n) is 0. The summed E-state index contributed by atoms with van der Waals surface area (Å²) in [5.74, 6) is 0. The molecule has 0 radical (unpaired) electrons. The van der Waals surface area contributed by atoms with Crippen molar-refractivity contribution < 1.29 is 3.07 Å². The first-order valence-corrected chi connectivity index (χ1v) is 7.84. The van der Waals surface area contributed by atoms with Crippen molar-refractivity contribution in [2.45, 2.75) is 0 Å². The van der Waals surface area contributed by atoms with Crippen LogP contribution >= 0.6 is 46.4 Å². The van der Waals surface area contributed by atoms with Crippen LogP contribution < -0.4 is 0 Å². The molecule has 0 aromatic heterocycles. The molecule has 0 heterocycles. The Hall–Kier alpha value is 1.69. The second kappa shape index (κ2) is 4.69. The van der Waals surface area contributed by atoms with Crippen molar-refractivity contribution in [3.05, 3.63) is 0 Å². The van der Waals surface area contributed by atoms with Gasteiger partial charge in [0.1, 0.15) is 3.76 Å². The zero-order valence-corrected chi connectivity index (χ0v) is 6.82. The van der Waals surface area contributed by atoms with Gasteiger partial charge in [0.2, 0.25) is 0 Å². The van der Waals surface area contributed by atoms with E-state index in [0.717, 1.165) is 0 Å². The van der Waals surface area contributed by atoms with Gasteiger partial charge in [-0.05, 0) is 0 Å². The van der Waals surface area contributed by atoms with Crippen molar-refractivity contribution in [3.8, 4) is 0 Å². The maximum Gasteiger partial charge on any atom is 0.341 e. The predicted octanol–water partition coefficient (Wildman–Crippen LogP) is 1.98. The van der Waals surface area contributed by atoms with Crippen molar-refractivity contribution in [3.63, 3.8) is 0 Å². The van der Waals surface area contributed by atoms with Crippen LogP contribution in [0.5, 0.6) is 0 Å². The number of hydrogen-bond donors (Lipinski definition) is 0. The van der Waals surface area contributed by atoms with E-state index in [-0.39, 0.29) is 0 Å². The quantitative estimate of drug-likeness (QED) is 0.535. The van der Waals surface area contributed by atoms with E-state index < -0.39 is 24.4 Å². The Morgan fingerprint density at radius 3 is 2.75 bits per heavy atom. The van der Waals surface area contributed by atoms with E-state index in [0.29, 0.717) is 0 Å². The van der Waals surface area contributed by atoms with Crippen molar-refractivity contribution in [1.29, 1.82) is 2.56 Å². The highest BCUT2D eigenvalue weighted by Crippen LogP contribution is 2.34. The highest BCUT2D eigenvalue weighted by Gasteiger charge is 1.70. The maximum atomic E-state index is 9.73. The molecule has 0 saturated carbocycles. The van der Waals surface area contributed by atoms with Crippen LogP contribution in [0, 0.1) is 0 Å². The predicted molar refractivity (Wildman–Crippen MR) is 38.4 cm³/mol. The second-order valence-corrected chi connectivity index (χ2v) is 10.0. The smallest absolute Gasteiger partial charge is 0.223 e. The highest BCUT2D eigenvalue weighted by molar-refractivity contribution is 14.3. The molecule has 0 atom stereocenters. The first kappa shape index (κ1) is 2.80. The molecule has 0 aliphatic rings.